The minimum absolute atomic E-state index is 0.108. The van der Waals surface area contributed by atoms with Crippen molar-refractivity contribution in [2.75, 3.05) is 19.0 Å². The molecule has 1 atom stereocenters. The lowest BCUT2D eigenvalue weighted by Gasteiger charge is -2.22. The lowest BCUT2D eigenvalue weighted by Crippen LogP contribution is -2.22. The molecule has 2 aromatic rings. The summed E-state index contributed by atoms with van der Waals surface area (Å²) in [5, 5.41) is 12.5. The highest BCUT2D eigenvalue weighted by atomic mass is 19.3. The van der Waals surface area contributed by atoms with Gasteiger partial charge in [-0.05, 0) is 55.7 Å². The van der Waals surface area contributed by atoms with E-state index in [0.717, 1.165) is 37.3 Å². The number of unbranched alkanes of at least 4 members (excludes halogenated alkanes) is 1. The molecule has 0 fully saturated rings. The number of aliphatic carboxylic acids is 1. The Morgan fingerprint density at radius 3 is 2.75 bits per heavy atom. The fraction of sp³-hybridized carbons (Fsp3) is 0.565. The first-order valence-electron chi connectivity index (χ1n) is 11.0. The molecule has 2 aromatic heterocycles. The van der Waals surface area contributed by atoms with Crippen molar-refractivity contribution < 1.29 is 23.4 Å². The van der Waals surface area contributed by atoms with Crippen molar-refractivity contribution in [1.82, 2.24) is 15.0 Å². The second-order valence-corrected chi connectivity index (χ2v) is 8.26. The largest absolute Gasteiger partial charge is 0.481 e. The lowest BCUT2D eigenvalue weighted by molar-refractivity contribution is -0.138. The minimum atomic E-state index is -2.98. The SMILES string of the molecule is COc1ncc([C@H](CC(=O)O)CC(F)(F)CCCCc2ccc3c(n2)NCCCC3)cn1. The summed E-state index contributed by atoms with van der Waals surface area (Å²) >= 11 is 0. The van der Waals surface area contributed by atoms with Gasteiger partial charge in [0.2, 0.25) is 5.92 Å². The number of aryl methyl sites for hydroxylation is 2. The van der Waals surface area contributed by atoms with E-state index in [2.05, 4.69) is 26.3 Å². The summed E-state index contributed by atoms with van der Waals surface area (Å²) in [6, 6.07) is 4.17. The van der Waals surface area contributed by atoms with Crippen LogP contribution in [0.4, 0.5) is 14.6 Å². The molecule has 2 N–H and O–H groups in total. The number of pyridine rings is 1. The van der Waals surface area contributed by atoms with Crippen LogP contribution >= 0.6 is 0 Å². The number of hydrogen-bond acceptors (Lipinski definition) is 6. The van der Waals surface area contributed by atoms with E-state index in [-0.39, 0.29) is 12.4 Å². The summed E-state index contributed by atoms with van der Waals surface area (Å²) in [6.45, 7) is 0.909. The van der Waals surface area contributed by atoms with E-state index in [0.29, 0.717) is 24.8 Å². The number of fused-ring (bicyclic) bond motifs is 1. The molecule has 174 valence electrons. The smallest absolute Gasteiger partial charge is 0.316 e. The maximum Gasteiger partial charge on any atom is 0.316 e. The highest BCUT2D eigenvalue weighted by molar-refractivity contribution is 5.68. The predicted molar refractivity (Wildman–Crippen MR) is 116 cm³/mol. The van der Waals surface area contributed by atoms with Crippen LogP contribution in [0.1, 0.15) is 67.7 Å². The Labute approximate surface area is 186 Å². The van der Waals surface area contributed by atoms with Gasteiger partial charge in [0.1, 0.15) is 5.82 Å². The Morgan fingerprint density at radius 1 is 1.25 bits per heavy atom. The van der Waals surface area contributed by atoms with Gasteiger partial charge in [0.25, 0.3) is 0 Å². The van der Waals surface area contributed by atoms with E-state index >= 15 is 0 Å². The van der Waals surface area contributed by atoms with E-state index in [1.54, 1.807) is 0 Å². The summed E-state index contributed by atoms with van der Waals surface area (Å²) in [5.41, 5.74) is 2.49. The van der Waals surface area contributed by atoms with Crippen LogP contribution in [0.3, 0.4) is 0 Å². The first-order chi connectivity index (χ1) is 15.4. The average molecular weight is 449 g/mol. The molecule has 0 aliphatic carbocycles. The van der Waals surface area contributed by atoms with Crippen molar-refractivity contribution in [1.29, 1.82) is 0 Å². The first-order valence-corrected chi connectivity index (χ1v) is 11.0. The Kier molecular flexibility index (Phi) is 8.30. The number of methoxy groups -OCH3 is 1. The number of ether oxygens (including phenoxy) is 1. The van der Waals surface area contributed by atoms with Gasteiger partial charge in [0, 0.05) is 43.4 Å². The number of hydrogen-bond donors (Lipinski definition) is 2. The van der Waals surface area contributed by atoms with E-state index in [1.165, 1.54) is 25.1 Å². The van der Waals surface area contributed by atoms with E-state index in [9.17, 15) is 13.6 Å². The van der Waals surface area contributed by atoms with Crippen LogP contribution in [0.25, 0.3) is 0 Å². The van der Waals surface area contributed by atoms with E-state index in [4.69, 9.17) is 9.84 Å². The molecule has 0 amide bonds. The number of halogens is 2. The molecule has 7 nitrogen and oxygen atoms in total. The predicted octanol–water partition coefficient (Wildman–Crippen LogP) is 4.63. The second-order valence-electron chi connectivity index (χ2n) is 8.26. The maximum absolute atomic E-state index is 14.7. The van der Waals surface area contributed by atoms with Crippen LogP contribution in [0, 0.1) is 0 Å². The highest BCUT2D eigenvalue weighted by Gasteiger charge is 2.34. The van der Waals surface area contributed by atoms with Gasteiger partial charge < -0.3 is 15.2 Å². The molecule has 0 spiro atoms. The number of carboxylic acids is 1. The molecule has 1 aliphatic heterocycles. The van der Waals surface area contributed by atoms with Crippen molar-refractivity contribution in [2.24, 2.45) is 0 Å². The zero-order valence-corrected chi connectivity index (χ0v) is 18.3. The second kappa shape index (κ2) is 11.2. The molecule has 0 bridgehead atoms. The lowest BCUT2D eigenvalue weighted by atomic mass is 9.89. The summed E-state index contributed by atoms with van der Waals surface area (Å²) in [7, 11) is 1.40. The van der Waals surface area contributed by atoms with Crippen molar-refractivity contribution in [3.63, 3.8) is 0 Å². The van der Waals surface area contributed by atoms with Gasteiger partial charge in [0.05, 0.1) is 13.5 Å². The summed E-state index contributed by atoms with van der Waals surface area (Å²) < 4.78 is 34.2. The van der Waals surface area contributed by atoms with Gasteiger partial charge in [-0.3, -0.25) is 4.79 Å². The Hall–Kier alpha value is -2.84. The third kappa shape index (κ3) is 7.10. The normalized spacial score (nSPS) is 14.7. The zero-order valence-electron chi connectivity index (χ0n) is 18.3. The number of carbonyl (C=O) groups is 1. The number of alkyl halides is 2. The number of anilines is 1. The van der Waals surface area contributed by atoms with Crippen LogP contribution < -0.4 is 10.1 Å². The first kappa shape index (κ1) is 23.8. The average Bonchev–Trinajstić information content (AvgIpc) is 3.01. The van der Waals surface area contributed by atoms with Gasteiger partial charge in [-0.2, -0.15) is 0 Å². The number of rotatable bonds is 11. The monoisotopic (exact) mass is 448 g/mol. The molecule has 0 aromatic carbocycles. The van der Waals surface area contributed by atoms with Crippen molar-refractivity contribution >= 4 is 11.8 Å². The Balaban J connectivity index is 1.52. The Morgan fingerprint density at radius 2 is 2.03 bits per heavy atom. The maximum atomic E-state index is 14.7. The molecule has 3 rings (SSSR count). The molecular weight excluding hydrogens is 418 g/mol. The van der Waals surface area contributed by atoms with Crippen molar-refractivity contribution in [3.05, 3.63) is 41.3 Å². The highest BCUT2D eigenvalue weighted by Crippen LogP contribution is 2.36. The number of nitrogens with one attached hydrogen (secondary N) is 1. The number of carboxylic acid groups (broad SMARTS) is 1. The minimum Gasteiger partial charge on any atom is -0.481 e. The molecule has 1 aliphatic rings. The molecule has 9 heteroatoms. The van der Waals surface area contributed by atoms with Crippen LogP contribution in [0.5, 0.6) is 6.01 Å². The van der Waals surface area contributed by atoms with E-state index in [1.807, 2.05) is 6.07 Å². The van der Waals surface area contributed by atoms with Gasteiger partial charge >= 0.3 is 12.0 Å². The molecule has 0 unspecified atom stereocenters. The molecule has 0 radical (unpaired) electrons. The van der Waals surface area contributed by atoms with Gasteiger partial charge in [0.15, 0.2) is 0 Å². The molecule has 0 saturated heterocycles. The van der Waals surface area contributed by atoms with Gasteiger partial charge in [-0.15, -0.1) is 0 Å². The van der Waals surface area contributed by atoms with E-state index < -0.39 is 30.7 Å². The van der Waals surface area contributed by atoms with Crippen LogP contribution in [0.15, 0.2) is 24.5 Å². The summed E-state index contributed by atoms with van der Waals surface area (Å²) in [6.07, 6.45) is 6.27. The molecule has 0 saturated carbocycles. The van der Waals surface area contributed by atoms with Crippen LogP contribution in [-0.2, 0) is 17.6 Å². The molecular formula is C23H30F2N4O3. The quantitative estimate of drug-likeness (QED) is 0.484. The third-order valence-corrected chi connectivity index (χ3v) is 5.70. The van der Waals surface area contributed by atoms with Gasteiger partial charge in [-0.25, -0.2) is 23.7 Å². The van der Waals surface area contributed by atoms with Crippen molar-refractivity contribution in [3.8, 4) is 6.01 Å². The number of aromatic nitrogens is 3. The molecule has 3 heterocycles. The topological polar surface area (TPSA) is 97.2 Å². The molecule has 32 heavy (non-hydrogen) atoms. The summed E-state index contributed by atoms with van der Waals surface area (Å²) in [4.78, 5) is 23.7. The fourth-order valence-corrected chi connectivity index (χ4v) is 3.98. The summed E-state index contributed by atoms with van der Waals surface area (Å²) in [5.74, 6) is -4.07. The van der Waals surface area contributed by atoms with Crippen LogP contribution in [0.2, 0.25) is 0 Å². The standard InChI is InChI=1S/C23H30F2N4O3/c1-32-22-27-14-18(15-28-22)17(12-20(30)31)13-23(24,25)10-4-2-7-19-9-8-16-6-3-5-11-26-21(16)29-19/h8-9,14-15,17H,2-7,10-13H2,1H3,(H,26,29)(H,30,31)/t17-/m1/s1. The zero-order chi connectivity index (χ0) is 23.0. The van der Waals surface area contributed by atoms with Crippen molar-refractivity contribution in [2.45, 2.75) is 69.6 Å². The fourth-order valence-electron chi connectivity index (χ4n) is 3.98. The van der Waals surface area contributed by atoms with Crippen LogP contribution in [-0.4, -0.2) is 45.6 Å². The van der Waals surface area contributed by atoms with Gasteiger partial charge in [-0.1, -0.05) is 6.07 Å². The Bertz CT molecular complexity index is 893. The number of nitrogens with zero attached hydrogens (tertiary/aromatic N) is 3. The third-order valence-electron chi connectivity index (χ3n) is 5.70.